The van der Waals surface area contributed by atoms with Gasteiger partial charge in [0.25, 0.3) is 0 Å². The van der Waals surface area contributed by atoms with Crippen LogP contribution < -0.4 is 11.5 Å². The summed E-state index contributed by atoms with van der Waals surface area (Å²) in [6.45, 7) is 19.3. The van der Waals surface area contributed by atoms with Gasteiger partial charge in [-0.2, -0.15) is 0 Å². The van der Waals surface area contributed by atoms with Gasteiger partial charge < -0.3 is 11.5 Å². The van der Waals surface area contributed by atoms with Crippen molar-refractivity contribution >= 4 is 0 Å². The van der Waals surface area contributed by atoms with Gasteiger partial charge in [-0.15, -0.1) is 0 Å². The minimum Gasteiger partial charge on any atom is -0.327 e. The lowest BCUT2D eigenvalue weighted by Gasteiger charge is -2.44. The van der Waals surface area contributed by atoms with Gasteiger partial charge in [-0.05, 0) is 85.9 Å². The van der Waals surface area contributed by atoms with Gasteiger partial charge in [0.1, 0.15) is 0 Å². The Bertz CT molecular complexity index is 532. The first kappa shape index (κ1) is 37.9. The largest absolute Gasteiger partial charge is 0.327 e. The van der Waals surface area contributed by atoms with E-state index >= 15 is 0 Å². The van der Waals surface area contributed by atoms with E-state index in [9.17, 15) is 0 Å². The van der Waals surface area contributed by atoms with Gasteiger partial charge >= 0.3 is 0 Å². The normalized spacial score (nSPS) is 20.4. The van der Waals surface area contributed by atoms with Crippen LogP contribution in [0.3, 0.4) is 0 Å². The molecule has 1 aliphatic rings. The van der Waals surface area contributed by atoms with Crippen molar-refractivity contribution in [2.75, 3.05) is 0 Å². The monoisotopic (exact) mass is 563 g/mol. The molecule has 2 atom stereocenters. The van der Waals surface area contributed by atoms with Crippen molar-refractivity contribution < 1.29 is 0 Å². The van der Waals surface area contributed by atoms with E-state index in [-0.39, 0.29) is 0 Å². The second-order valence-electron chi connectivity index (χ2n) is 16.4. The average Bonchev–Trinajstić information content (AvgIpc) is 2.90. The van der Waals surface area contributed by atoms with Crippen LogP contribution in [0, 0.1) is 34.5 Å². The second-order valence-corrected chi connectivity index (χ2v) is 16.4. The van der Waals surface area contributed by atoms with E-state index in [2.05, 4.69) is 55.4 Å². The molecule has 1 saturated carbocycles. The standard InChI is InChI=1S/C38H78N2/c1-31(2)35(39)23-19-15-11-9-13-17-21-29-37(5,6)33-25-27-34(28-26-33)38(7,8)30-22-18-14-10-12-16-20-24-36(40)32(3)4/h31-36H,9-30,39-40H2,1-8H3. The van der Waals surface area contributed by atoms with Crippen LogP contribution in [0.25, 0.3) is 0 Å². The lowest BCUT2D eigenvalue weighted by Crippen LogP contribution is -2.33. The molecule has 0 aliphatic heterocycles. The van der Waals surface area contributed by atoms with Crippen molar-refractivity contribution in [3.8, 4) is 0 Å². The molecule has 40 heavy (non-hydrogen) atoms. The Morgan fingerprint density at radius 2 is 0.700 bits per heavy atom. The lowest BCUT2D eigenvalue weighted by atomic mass is 9.61. The Morgan fingerprint density at radius 1 is 0.450 bits per heavy atom. The summed E-state index contributed by atoms with van der Waals surface area (Å²) in [6, 6.07) is 0.803. The van der Waals surface area contributed by atoms with E-state index in [0.29, 0.717) is 34.7 Å². The van der Waals surface area contributed by atoms with Crippen LogP contribution in [0.5, 0.6) is 0 Å². The molecule has 0 aromatic rings. The van der Waals surface area contributed by atoms with Crippen molar-refractivity contribution in [3.05, 3.63) is 0 Å². The first-order valence-electron chi connectivity index (χ1n) is 18.4. The minimum atomic E-state index is 0.401. The van der Waals surface area contributed by atoms with Crippen LogP contribution in [-0.4, -0.2) is 12.1 Å². The van der Waals surface area contributed by atoms with Crippen LogP contribution in [-0.2, 0) is 0 Å². The zero-order valence-corrected chi connectivity index (χ0v) is 29.2. The molecule has 4 N–H and O–H groups in total. The third-order valence-corrected chi connectivity index (χ3v) is 11.4. The molecule has 0 amide bonds. The highest BCUT2D eigenvalue weighted by atomic mass is 14.6. The van der Waals surface area contributed by atoms with Crippen LogP contribution in [0.15, 0.2) is 0 Å². The molecule has 0 spiro atoms. The van der Waals surface area contributed by atoms with Crippen LogP contribution in [0.1, 0.15) is 197 Å². The highest BCUT2D eigenvalue weighted by Crippen LogP contribution is 2.48. The summed E-state index contributed by atoms with van der Waals surface area (Å²) in [6.07, 6.45) is 30.8. The van der Waals surface area contributed by atoms with E-state index in [4.69, 9.17) is 11.5 Å². The van der Waals surface area contributed by atoms with Crippen molar-refractivity contribution in [3.63, 3.8) is 0 Å². The summed E-state index contributed by atoms with van der Waals surface area (Å²) in [5, 5.41) is 0. The Morgan fingerprint density at radius 3 is 0.975 bits per heavy atom. The van der Waals surface area contributed by atoms with Gasteiger partial charge in [0.05, 0.1) is 0 Å². The molecule has 0 radical (unpaired) electrons. The Labute approximate surface area is 254 Å². The summed E-state index contributed by atoms with van der Waals surface area (Å²) >= 11 is 0. The third kappa shape index (κ3) is 16.5. The molecular formula is C38H78N2. The Hall–Kier alpha value is -0.0800. The first-order valence-corrected chi connectivity index (χ1v) is 18.4. The number of hydrogen-bond donors (Lipinski definition) is 2. The molecule has 2 nitrogen and oxygen atoms in total. The molecule has 1 rings (SSSR count). The van der Waals surface area contributed by atoms with Crippen molar-refractivity contribution in [2.45, 2.75) is 209 Å². The van der Waals surface area contributed by atoms with Gasteiger partial charge in [-0.25, -0.2) is 0 Å². The highest BCUT2D eigenvalue weighted by Gasteiger charge is 2.37. The van der Waals surface area contributed by atoms with Crippen LogP contribution in [0.4, 0.5) is 0 Å². The molecule has 0 heterocycles. The zero-order valence-electron chi connectivity index (χ0n) is 29.2. The minimum absolute atomic E-state index is 0.401. The molecule has 240 valence electrons. The third-order valence-electron chi connectivity index (χ3n) is 11.4. The molecule has 1 fully saturated rings. The molecule has 2 unspecified atom stereocenters. The summed E-state index contributed by atoms with van der Waals surface area (Å²) in [5.74, 6) is 3.15. The van der Waals surface area contributed by atoms with Gasteiger partial charge in [0.15, 0.2) is 0 Å². The molecular weight excluding hydrogens is 484 g/mol. The Balaban J connectivity index is 2.11. The van der Waals surface area contributed by atoms with Gasteiger partial charge in [0, 0.05) is 12.1 Å². The molecule has 0 bridgehead atoms. The molecule has 0 aromatic carbocycles. The summed E-state index contributed by atoms with van der Waals surface area (Å²) in [5.41, 5.74) is 13.4. The maximum Gasteiger partial charge on any atom is 0.00618 e. The number of hydrogen-bond acceptors (Lipinski definition) is 2. The fourth-order valence-corrected chi connectivity index (χ4v) is 7.42. The van der Waals surface area contributed by atoms with Crippen LogP contribution >= 0.6 is 0 Å². The van der Waals surface area contributed by atoms with Crippen molar-refractivity contribution in [2.24, 2.45) is 46.0 Å². The van der Waals surface area contributed by atoms with Gasteiger partial charge in [0.2, 0.25) is 0 Å². The van der Waals surface area contributed by atoms with Crippen molar-refractivity contribution in [1.82, 2.24) is 0 Å². The number of unbranched alkanes of at least 4 members (excludes halogenated alkanes) is 12. The molecule has 0 aromatic heterocycles. The predicted octanol–water partition coefficient (Wildman–Crippen LogP) is 11.8. The van der Waals surface area contributed by atoms with E-state index in [1.807, 2.05) is 0 Å². The summed E-state index contributed by atoms with van der Waals surface area (Å²) < 4.78 is 0. The van der Waals surface area contributed by atoms with E-state index in [1.54, 1.807) is 0 Å². The van der Waals surface area contributed by atoms with Crippen LogP contribution in [0.2, 0.25) is 0 Å². The Kier molecular flexibility index (Phi) is 19.7. The maximum absolute atomic E-state index is 6.18. The average molecular weight is 563 g/mol. The fourth-order valence-electron chi connectivity index (χ4n) is 7.42. The molecule has 2 heteroatoms. The van der Waals surface area contributed by atoms with Crippen molar-refractivity contribution in [1.29, 1.82) is 0 Å². The second kappa shape index (κ2) is 20.8. The maximum atomic E-state index is 6.18. The fraction of sp³-hybridized carbons (Fsp3) is 1.00. The summed E-state index contributed by atoms with van der Waals surface area (Å²) in [4.78, 5) is 0. The molecule has 0 saturated heterocycles. The number of rotatable bonds is 24. The smallest absolute Gasteiger partial charge is 0.00618 e. The van der Waals surface area contributed by atoms with E-state index in [0.717, 1.165) is 11.8 Å². The number of nitrogens with two attached hydrogens (primary N) is 2. The topological polar surface area (TPSA) is 52.0 Å². The molecule has 1 aliphatic carbocycles. The summed E-state index contributed by atoms with van der Waals surface area (Å²) in [7, 11) is 0. The lowest BCUT2D eigenvalue weighted by molar-refractivity contribution is 0.0670. The predicted molar refractivity (Wildman–Crippen MR) is 182 cm³/mol. The SMILES string of the molecule is CC(C)C(N)CCCCCCCCCC(C)(C)C1CCC(C(C)(C)CCCCCCCCCC(N)C(C)C)CC1. The van der Waals surface area contributed by atoms with Gasteiger partial charge in [-0.1, -0.05) is 145 Å². The van der Waals surface area contributed by atoms with Gasteiger partial charge in [-0.3, -0.25) is 0 Å². The highest BCUT2D eigenvalue weighted by molar-refractivity contribution is 4.88. The first-order chi connectivity index (χ1) is 18.9. The van der Waals surface area contributed by atoms with E-state index in [1.165, 1.54) is 141 Å². The zero-order chi connectivity index (χ0) is 30.0. The van der Waals surface area contributed by atoms with E-state index < -0.39 is 0 Å². The quantitative estimate of drug-likeness (QED) is 0.115.